The molecule has 0 unspecified atom stereocenters. The molecule has 1 aromatic carbocycles. The van der Waals surface area contributed by atoms with Gasteiger partial charge in [-0.1, -0.05) is 6.07 Å². The molecule has 3 N–H and O–H groups in total. The molecule has 0 saturated carbocycles. The molecule has 1 rings (SSSR count). The average Bonchev–Trinajstić information content (AvgIpc) is 2.31. The molecular weight excluding hydrogens is 272 g/mol. The third kappa shape index (κ3) is 6.16. The summed E-state index contributed by atoms with van der Waals surface area (Å²) < 4.78 is 10.0. The van der Waals surface area contributed by atoms with Gasteiger partial charge >= 0.3 is 12.1 Å². The van der Waals surface area contributed by atoms with Crippen LogP contribution < -0.4 is 11.1 Å². The quantitative estimate of drug-likeness (QED) is 0.658. The van der Waals surface area contributed by atoms with Gasteiger partial charge in [0.2, 0.25) is 0 Å². The lowest BCUT2D eigenvalue weighted by atomic mass is 10.1. The highest BCUT2D eigenvalue weighted by Crippen LogP contribution is 2.21. The van der Waals surface area contributed by atoms with Crippen LogP contribution in [0.3, 0.4) is 0 Å². The van der Waals surface area contributed by atoms with Crippen LogP contribution in [0.4, 0.5) is 16.2 Å². The molecule has 0 radical (unpaired) electrons. The van der Waals surface area contributed by atoms with E-state index < -0.39 is 11.7 Å². The normalized spacial score (nSPS) is 10.9. The van der Waals surface area contributed by atoms with E-state index in [9.17, 15) is 9.59 Å². The minimum absolute atomic E-state index is 0.122. The number of rotatable bonds is 4. The molecule has 116 valence electrons. The number of carbonyl (C=O) groups excluding carboxylic acids is 2. The number of amides is 1. The van der Waals surface area contributed by atoms with Crippen molar-refractivity contribution in [1.29, 1.82) is 0 Å². The SMILES string of the molecule is CCOC(=O)Cc1ccc(N)c(NC(=O)OC(C)(C)C)c1. The van der Waals surface area contributed by atoms with Crippen molar-refractivity contribution in [2.75, 3.05) is 17.7 Å². The number of nitrogen functional groups attached to an aromatic ring is 1. The molecule has 21 heavy (non-hydrogen) atoms. The predicted molar refractivity (Wildman–Crippen MR) is 81.0 cm³/mol. The third-order valence-electron chi connectivity index (χ3n) is 2.41. The summed E-state index contributed by atoms with van der Waals surface area (Å²) in [4.78, 5) is 23.2. The largest absolute Gasteiger partial charge is 0.466 e. The number of hydrogen-bond donors (Lipinski definition) is 2. The zero-order chi connectivity index (χ0) is 16.0. The van der Waals surface area contributed by atoms with Crippen molar-refractivity contribution < 1.29 is 19.1 Å². The van der Waals surface area contributed by atoms with Gasteiger partial charge in [0.1, 0.15) is 5.60 Å². The van der Waals surface area contributed by atoms with E-state index in [0.717, 1.165) is 0 Å². The predicted octanol–water partition coefficient (Wildman–Crippen LogP) is 2.72. The first kappa shape index (κ1) is 16.8. The Balaban J connectivity index is 2.78. The van der Waals surface area contributed by atoms with Crippen LogP contribution in [0, 0.1) is 0 Å². The van der Waals surface area contributed by atoms with Gasteiger partial charge < -0.3 is 15.2 Å². The van der Waals surface area contributed by atoms with Crippen molar-refractivity contribution in [3.63, 3.8) is 0 Å². The van der Waals surface area contributed by atoms with E-state index in [1.54, 1.807) is 45.9 Å². The van der Waals surface area contributed by atoms with E-state index >= 15 is 0 Å². The van der Waals surface area contributed by atoms with E-state index in [-0.39, 0.29) is 12.4 Å². The maximum Gasteiger partial charge on any atom is 0.412 e. The Hall–Kier alpha value is -2.24. The van der Waals surface area contributed by atoms with E-state index in [2.05, 4.69) is 5.32 Å². The molecule has 1 aromatic rings. The number of nitrogens with one attached hydrogen (secondary N) is 1. The van der Waals surface area contributed by atoms with Gasteiger partial charge in [0.15, 0.2) is 0 Å². The van der Waals surface area contributed by atoms with E-state index in [1.807, 2.05) is 0 Å². The van der Waals surface area contributed by atoms with Gasteiger partial charge in [-0.25, -0.2) is 4.79 Å². The number of hydrogen-bond acceptors (Lipinski definition) is 5. The van der Waals surface area contributed by atoms with Crippen molar-refractivity contribution >= 4 is 23.4 Å². The molecule has 6 nitrogen and oxygen atoms in total. The lowest BCUT2D eigenvalue weighted by Crippen LogP contribution is -2.27. The maximum absolute atomic E-state index is 11.7. The van der Waals surface area contributed by atoms with Crippen LogP contribution in [0.25, 0.3) is 0 Å². The van der Waals surface area contributed by atoms with Crippen molar-refractivity contribution in [1.82, 2.24) is 0 Å². The van der Waals surface area contributed by atoms with Gasteiger partial charge in [0.25, 0.3) is 0 Å². The van der Waals surface area contributed by atoms with Crippen molar-refractivity contribution in [2.24, 2.45) is 0 Å². The fraction of sp³-hybridized carbons (Fsp3) is 0.467. The summed E-state index contributed by atoms with van der Waals surface area (Å²) in [6.45, 7) is 7.39. The van der Waals surface area contributed by atoms with Gasteiger partial charge in [-0.15, -0.1) is 0 Å². The Bertz CT molecular complexity index is 521. The van der Waals surface area contributed by atoms with Crippen LogP contribution in [-0.2, 0) is 20.7 Å². The number of nitrogens with two attached hydrogens (primary N) is 1. The number of anilines is 2. The Kier molecular flexibility index (Phi) is 5.58. The second-order valence-corrected chi connectivity index (χ2v) is 5.53. The van der Waals surface area contributed by atoms with E-state index in [0.29, 0.717) is 23.5 Å². The molecule has 0 aromatic heterocycles. The van der Waals surface area contributed by atoms with E-state index in [4.69, 9.17) is 15.2 Å². The highest BCUT2D eigenvalue weighted by Gasteiger charge is 2.17. The monoisotopic (exact) mass is 294 g/mol. The summed E-state index contributed by atoms with van der Waals surface area (Å²) >= 11 is 0. The topological polar surface area (TPSA) is 90.6 Å². The van der Waals surface area contributed by atoms with Gasteiger partial charge in [0.05, 0.1) is 24.4 Å². The summed E-state index contributed by atoms with van der Waals surface area (Å²) in [6.07, 6.45) is -0.473. The average molecular weight is 294 g/mol. The Morgan fingerprint density at radius 2 is 1.95 bits per heavy atom. The summed E-state index contributed by atoms with van der Waals surface area (Å²) in [5.74, 6) is -0.328. The minimum Gasteiger partial charge on any atom is -0.466 e. The second kappa shape index (κ2) is 6.97. The van der Waals surface area contributed by atoms with Crippen LogP contribution >= 0.6 is 0 Å². The molecule has 0 saturated heterocycles. The third-order valence-corrected chi connectivity index (χ3v) is 2.41. The second-order valence-electron chi connectivity index (χ2n) is 5.53. The molecule has 0 bridgehead atoms. The molecule has 0 aliphatic heterocycles. The Morgan fingerprint density at radius 3 is 2.52 bits per heavy atom. The van der Waals surface area contributed by atoms with Crippen LogP contribution in [-0.4, -0.2) is 24.3 Å². The first-order valence-corrected chi connectivity index (χ1v) is 6.75. The van der Waals surface area contributed by atoms with Crippen LogP contribution in [0.15, 0.2) is 18.2 Å². The van der Waals surface area contributed by atoms with Crippen LogP contribution in [0.5, 0.6) is 0 Å². The molecular formula is C15H22N2O4. The van der Waals surface area contributed by atoms with Crippen molar-refractivity contribution in [3.8, 4) is 0 Å². The molecule has 1 amide bonds. The van der Waals surface area contributed by atoms with Crippen LogP contribution in [0.1, 0.15) is 33.3 Å². The number of carbonyl (C=O) groups is 2. The molecule has 0 aliphatic carbocycles. The minimum atomic E-state index is -0.596. The molecule has 6 heteroatoms. The Morgan fingerprint density at radius 1 is 1.29 bits per heavy atom. The fourth-order valence-electron chi connectivity index (χ4n) is 1.61. The van der Waals surface area contributed by atoms with E-state index in [1.165, 1.54) is 0 Å². The summed E-state index contributed by atoms with van der Waals surface area (Å²) in [5.41, 5.74) is 6.72. The van der Waals surface area contributed by atoms with Gasteiger partial charge in [0, 0.05) is 0 Å². The fourth-order valence-corrected chi connectivity index (χ4v) is 1.61. The lowest BCUT2D eigenvalue weighted by molar-refractivity contribution is -0.142. The molecule has 0 spiro atoms. The van der Waals surface area contributed by atoms with Gasteiger partial charge in [-0.05, 0) is 45.4 Å². The smallest absolute Gasteiger partial charge is 0.412 e. The highest BCUT2D eigenvalue weighted by molar-refractivity contribution is 5.89. The van der Waals surface area contributed by atoms with Crippen molar-refractivity contribution in [2.45, 2.75) is 39.7 Å². The number of esters is 1. The highest BCUT2D eigenvalue weighted by atomic mass is 16.6. The summed E-state index contributed by atoms with van der Waals surface area (Å²) in [6, 6.07) is 4.98. The molecule has 0 heterocycles. The molecule has 0 aliphatic rings. The Labute approximate surface area is 124 Å². The summed E-state index contributed by atoms with van der Waals surface area (Å²) in [5, 5.41) is 2.57. The zero-order valence-corrected chi connectivity index (χ0v) is 12.9. The molecule has 0 fully saturated rings. The van der Waals surface area contributed by atoms with Crippen molar-refractivity contribution in [3.05, 3.63) is 23.8 Å². The number of benzene rings is 1. The van der Waals surface area contributed by atoms with Gasteiger partial charge in [-0.2, -0.15) is 0 Å². The van der Waals surface area contributed by atoms with Gasteiger partial charge in [-0.3, -0.25) is 10.1 Å². The maximum atomic E-state index is 11.7. The van der Waals surface area contributed by atoms with Crippen LogP contribution in [0.2, 0.25) is 0 Å². The summed E-state index contributed by atoms with van der Waals surface area (Å²) in [7, 11) is 0. The first-order valence-electron chi connectivity index (χ1n) is 6.75. The lowest BCUT2D eigenvalue weighted by Gasteiger charge is -2.20. The first-order chi connectivity index (χ1) is 9.71. The molecule has 0 atom stereocenters. The zero-order valence-electron chi connectivity index (χ0n) is 12.9. The number of ether oxygens (including phenoxy) is 2. The standard InChI is InChI=1S/C15H22N2O4/c1-5-20-13(18)9-10-6-7-11(16)12(8-10)17-14(19)21-15(2,3)4/h6-8H,5,9,16H2,1-4H3,(H,17,19).